The molecule has 2 aromatic rings. The molecule has 0 aliphatic carbocycles. The van der Waals surface area contributed by atoms with Gasteiger partial charge in [-0.2, -0.15) is 0 Å². The van der Waals surface area contributed by atoms with E-state index in [1.165, 1.54) is 4.90 Å². The Morgan fingerprint density at radius 1 is 1.16 bits per heavy atom. The van der Waals surface area contributed by atoms with Crippen molar-refractivity contribution in [1.82, 2.24) is 20.5 Å². The number of amides is 3. The number of rotatable bonds is 5. The molecule has 38 heavy (non-hydrogen) atoms. The molecule has 2 aliphatic heterocycles. The Balaban J connectivity index is 1.56. The maximum Gasteiger partial charge on any atom is 0.408 e. The minimum Gasteiger partial charge on any atom is -0.444 e. The summed E-state index contributed by atoms with van der Waals surface area (Å²) < 4.78 is 10.3. The Morgan fingerprint density at radius 2 is 1.87 bits per heavy atom. The lowest BCUT2D eigenvalue weighted by molar-refractivity contribution is -0.254. The Hall–Kier alpha value is -3.23. The monoisotopic (exact) mass is 534 g/mol. The van der Waals surface area contributed by atoms with E-state index in [1.807, 2.05) is 24.3 Å². The molecule has 2 aliphatic rings. The molecule has 1 saturated heterocycles. The number of para-hydroxylation sites is 1. The van der Waals surface area contributed by atoms with Crippen LogP contribution in [0.3, 0.4) is 0 Å². The molecule has 0 radical (unpaired) electrons. The van der Waals surface area contributed by atoms with E-state index in [-0.39, 0.29) is 13.0 Å². The van der Waals surface area contributed by atoms with Gasteiger partial charge in [-0.15, -0.1) is 0 Å². The second-order valence-corrected chi connectivity index (χ2v) is 10.5. The first-order chi connectivity index (χ1) is 17.9. The van der Waals surface area contributed by atoms with Gasteiger partial charge in [-0.1, -0.05) is 18.2 Å². The number of aromatic amines is 1. The summed E-state index contributed by atoms with van der Waals surface area (Å²) in [6.07, 6.45) is -6.80. The van der Waals surface area contributed by atoms with Crippen LogP contribution in [0, 0.1) is 0 Å². The van der Waals surface area contributed by atoms with Crippen molar-refractivity contribution in [3.8, 4) is 0 Å². The summed E-state index contributed by atoms with van der Waals surface area (Å²) in [6.45, 7) is 4.04. The van der Waals surface area contributed by atoms with Crippen LogP contribution in [0.15, 0.2) is 24.3 Å². The van der Waals surface area contributed by atoms with Crippen molar-refractivity contribution in [2.75, 3.05) is 13.2 Å². The van der Waals surface area contributed by atoms with Crippen molar-refractivity contribution in [2.45, 2.75) is 76.0 Å². The first-order valence-electron chi connectivity index (χ1n) is 12.3. The Kier molecular flexibility index (Phi) is 7.95. The van der Waals surface area contributed by atoms with Crippen LogP contribution in [0.1, 0.15) is 32.0 Å². The van der Waals surface area contributed by atoms with E-state index in [4.69, 9.17) is 9.47 Å². The molecule has 0 saturated carbocycles. The minimum absolute atomic E-state index is 0.0401. The van der Waals surface area contributed by atoms with Crippen molar-refractivity contribution < 1.29 is 44.3 Å². The summed E-state index contributed by atoms with van der Waals surface area (Å²) >= 11 is 0. The van der Waals surface area contributed by atoms with Gasteiger partial charge < -0.3 is 50.4 Å². The number of aromatic nitrogens is 1. The number of hydrogen-bond acceptors (Lipinski definition) is 9. The molecular formula is C25H34N4O9. The number of nitrogens with zero attached hydrogens (tertiary/aromatic N) is 1. The SMILES string of the molecule is CC(C)(C)OC(=O)NCC(=O)N1Cc2[nH]c3ccccc3c2C[C@H]1C(=O)N[C@@H]1[C@@H](O)[C@H](O)[C@@H](CO)O[C@H]1O. The van der Waals surface area contributed by atoms with Gasteiger partial charge >= 0.3 is 6.09 Å². The molecule has 0 bridgehead atoms. The third kappa shape index (κ3) is 5.76. The number of aliphatic hydroxyl groups excluding tert-OH is 4. The van der Waals surface area contributed by atoms with Gasteiger partial charge in [0, 0.05) is 23.0 Å². The van der Waals surface area contributed by atoms with Crippen LogP contribution in [0.2, 0.25) is 0 Å². The first kappa shape index (κ1) is 27.8. The summed E-state index contributed by atoms with van der Waals surface area (Å²) in [5.74, 6) is -1.26. The lowest BCUT2D eigenvalue weighted by Gasteiger charge is -2.42. The van der Waals surface area contributed by atoms with Crippen LogP contribution in [0.4, 0.5) is 4.79 Å². The number of carbonyl (C=O) groups excluding carboxylic acids is 3. The summed E-state index contributed by atoms with van der Waals surface area (Å²) in [5, 5.41) is 46.1. The van der Waals surface area contributed by atoms with Gasteiger partial charge in [0.2, 0.25) is 11.8 Å². The lowest BCUT2D eigenvalue weighted by atomic mass is 9.93. The summed E-state index contributed by atoms with van der Waals surface area (Å²) in [6, 6.07) is 5.01. The summed E-state index contributed by atoms with van der Waals surface area (Å²) in [4.78, 5) is 43.4. The fraction of sp³-hybridized carbons (Fsp3) is 0.560. The molecule has 1 fully saturated rings. The van der Waals surface area contributed by atoms with Crippen molar-refractivity contribution in [3.05, 3.63) is 35.5 Å². The topological polar surface area (TPSA) is 194 Å². The number of H-pyrrole nitrogens is 1. The summed E-state index contributed by atoms with van der Waals surface area (Å²) in [7, 11) is 0. The van der Waals surface area contributed by atoms with Gasteiger partial charge in [-0.25, -0.2) is 4.79 Å². The maximum absolute atomic E-state index is 13.5. The molecule has 208 valence electrons. The number of benzene rings is 1. The molecule has 13 nitrogen and oxygen atoms in total. The van der Waals surface area contributed by atoms with Gasteiger partial charge in [0.15, 0.2) is 6.29 Å². The van der Waals surface area contributed by atoms with Crippen LogP contribution in [-0.2, 0) is 32.0 Å². The average molecular weight is 535 g/mol. The second kappa shape index (κ2) is 10.9. The molecule has 6 atom stereocenters. The van der Waals surface area contributed by atoms with Crippen LogP contribution in [0.5, 0.6) is 0 Å². The van der Waals surface area contributed by atoms with Crippen molar-refractivity contribution >= 4 is 28.8 Å². The molecule has 0 unspecified atom stereocenters. The first-order valence-corrected chi connectivity index (χ1v) is 12.3. The predicted octanol–water partition coefficient (Wildman–Crippen LogP) is -1.14. The molecular weight excluding hydrogens is 500 g/mol. The molecule has 4 rings (SSSR count). The summed E-state index contributed by atoms with van der Waals surface area (Å²) in [5.41, 5.74) is 1.65. The third-order valence-electron chi connectivity index (χ3n) is 6.62. The van der Waals surface area contributed by atoms with E-state index in [0.717, 1.165) is 22.2 Å². The van der Waals surface area contributed by atoms with Crippen LogP contribution in [-0.4, -0.2) is 104 Å². The van der Waals surface area contributed by atoms with Gasteiger partial charge in [-0.05, 0) is 32.4 Å². The smallest absolute Gasteiger partial charge is 0.408 e. The zero-order valence-corrected chi connectivity index (χ0v) is 21.4. The molecule has 0 spiro atoms. The zero-order chi connectivity index (χ0) is 27.8. The second-order valence-electron chi connectivity index (χ2n) is 10.5. The van der Waals surface area contributed by atoms with Crippen molar-refractivity contribution in [1.29, 1.82) is 0 Å². The van der Waals surface area contributed by atoms with Crippen molar-refractivity contribution in [3.63, 3.8) is 0 Å². The fourth-order valence-corrected chi connectivity index (χ4v) is 4.78. The van der Waals surface area contributed by atoms with E-state index in [2.05, 4.69) is 15.6 Å². The minimum atomic E-state index is -1.71. The zero-order valence-electron chi connectivity index (χ0n) is 21.4. The molecule has 13 heteroatoms. The van der Waals surface area contributed by atoms with Gasteiger partial charge in [0.25, 0.3) is 0 Å². The number of hydrogen-bond donors (Lipinski definition) is 7. The number of fused-ring (bicyclic) bond motifs is 3. The predicted molar refractivity (Wildman–Crippen MR) is 132 cm³/mol. The number of alkyl carbamates (subject to hydrolysis) is 1. The van der Waals surface area contributed by atoms with Crippen LogP contribution < -0.4 is 10.6 Å². The highest BCUT2D eigenvalue weighted by Crippen LogP contribution is 2.31. The number of ether oxygens (including phenoxy) is 2. The Morgan fingerprint density at radius 3 is 2.55 bits per heavy atom. The highest BCUT2D eigenvalue weighted by atomic mass is 16.6. The normalized spacial score (nSPS) is 27.5. The molecule has 3 amide bonds. The van der Waals surface area contributed by atoms with Crippen LogP contribution in [0.25, 0.3) is 10.9 Å². The van der Waals surface area contributed by atoms with Crippen molar-refractivity contribution in [2.24, 2.45) is 0 Å². The standard InChI is InChI=1S/C25H34N4O9/c1-25(2,3)38-24(36)26-9-18(31)29-10-15-13(12-6-4-5-7-14(12)27-15)8-16(29)22(34)28-19-21(33)20(32)17(11-30)37-23(19)35/h4-7,16-17,19-21,23,27,30,32-33,35H,8-11H2,1-3H3,(H,26,36)(H,28,34)/t16-,17+,19+,20+,21+,23+/m0/s1. The Bertz CT molecular complexity index is 1190. The Labute approximate surface area is 218 Å². The van der Waals surface area contributed by atoms with Gasteiger partial charge in [0.05, 0.1) is 13.2 Å². The third-order valence-corrected chi connectivity index (χ3v) is 6.62. The molecule has 1 aromatic heterocycles. The maximum atomic E-state index is 13.5. The van der Waals surface area contributed by atoms with E-state index < -0.39 is 73.3 Å². The molecule has 7 N–H and O–H groups in total. The quantitative estimate of drug-likeness (QED) is 0.248. The molecule has 1 aromatic carbocycles. The average Bonchev–Trinajstić information content (AvgIpc) is 3.23. The van der Waals surface area contributed by atoms with Gasteiger partial charge in [-0.3, -0.25) is 9.59 Å². The largest absolute Gasteiger partial charge is 0.444 e. The fourth-order valence-electron chi connectivity index (χ4n) is 4.78. The number of carbonyl (C=O) groups is 3. The van der Waals surface area contributed by atoms with E-state index in [9.17, 15) is 34.8 Å². The van der Waals surface area contributed by atoms with Gasteiger partial charge in [0.1, 0.15) is 42.5 Å². The number of aliphatic hydroxyl groups is 4. The number of nitrogens with one attached hydrogen (secondary N) is 3. The van der Waals surface area contributed by atoms with E-state index in [0.29, 0.717) is 0 Å². The molecule has 3 heterocycles. The van der Waals surface area contributed by atoms with Crippen LogP contribution >= 0.6 is 0 Å². The highest BCUT2D eigenvalue weighted by Gasteiger charge is 2.46. The van der Waals surface area contributed by atoms with E-state index >= 15 is 0 Å². The van der Waals surface area contributed by atoms with E-state index in [1.54, 1.807) is 20.8 Å². The highest BCUT2D eigenvalue weighted by molar-refractivity contribution is 5.92. The lowest BCUT2D eigenvalue weighted by Crippen LogP contribution is -2.66.